The first-order chi connectivity index (χ1) is 8.25. The molecule has 3 heteroatoms. The number of hydrogen-bond donors (Lipinski definition) is 1. The molecule has 2 nitrogen and oxygen atoms in total. The van der Waals surface area contributed by atoms with E-state index in [-0.39, 0.29) is 0 Å². The summed E-state index contributed by atoms with van der Waals surface area (Å²) in [7, 11) is 2.03. The summed E-state index contributed by atoms with van der Waals surface area (Å²) in [6.45, 7) is 0. The minimum Gasteiger partial charge on any atom is -0.384 e. The van der Waals surface area contributed by atoms with Crippen LogP contribution in [-0.2, 0) is 0 Å². The summed E-state index contributed by atoms with van der Waals surface area (Å²) >= 11 is 0. The fraction of sp³-hybridized carbons (Fsp3) is 0.0714. The Labute approximate surface area is 101 Å². The SMILES string of the molecule is Bc1ccc2c(c1)C(O)c1cnccc1C=C2. The Balaban J connectivity index is 2.25. The fourth-order valence-corrected chi connectivity index (χ4v) is 2.23. The van der Waals surface area contributed by atoms with Gasteiger partial charge in [0, 0.05) is 18.0 Å². The van der Waals surface area contributed by atoms with Crippen molar-refractivity contribution in [3.63, 3.8) is 0 Å². The van der Waals surface area contributed by atoms with Crippen LogP contribution in [0.5, 0.6) is 0 Å². The van der Waals surface area contributed by atoms with Crippen LogP contribution in [0.3, 0.4) is 0 Å². The Hall–Kier alpha value is -1.87. The summed E-state index contributed by atoms with van der Waals surface area (Å²) in [6.07, 6.45) is 6.97. The van der Waals surface area contributed by atoms with Crippen LogP contribution in [0.4, 0.5) is 0 Å². The molecule has 0 bridgehead atoms. The zero-order chi connectivity index (χ0) is 11.8. The first-order valence-corrected chi connectivity index (χ1v) is 5.66. The van der Waals surface area contributed by atoms with Crippen LogP contribution in [0, 0.1) is 0 Å². The van der Waals surface area contributed by atoms with E-state index in [1.807, 2.05) is 38.2 Å². The van der Waals surface area contributed by atoms with Gasteiger partial charge in [-0.2, -0.15) is 0 Å². The number of benzene rings is 1. The lowest BCUT2D eigenvalue weighted by atomic mass is 9.89. The maximum absolute atomic E-state index is 10.4. The van der Waals surface area contributed by atoms with Crippen LogP contribution in [0.25, 0.3) is 12.2 Å². The lowest BCUT2D eigenvalue weighted by Gasteiger charge is -2.14. The van der Waals surface area contributed by atoms with Crippen molar-refractivity contribution >= 4 is 25.5 Å². The number of rotatable bonds is 0. The van der Waals surface area contributed by atoms with E-state index in [9.17, 15) is 5.11 Å². The van der Waals surface area contributed by atoms with Crippen molar-refractivity contribution in [2.45, 2.75) is 6.10 Å². The van der Waals surface area contributed by atoms with Crippen molar-refractivity contribution in [1.82, 2.24) is 4.98 Å². The van der Waals surface area contributed by atoms with Crippen LogP contribution in [0.15, 0.2) is 36.7 Å². The summed E-state index contributed by atoms with van der Waals surface area (Å²) < 4.78 is 0. The normalized spacial score (nSPS) is 17.1. The molecule has 1 aromatic heterocycles. The summed E-state index contributed by atoms with van der Waals surface area (Å²) in [5.41, 5.74) is 5.07. The molecule has 1 unspecified atom stereocenters. The third-order valence-electron chi connectivity index (χ3n) is 3.16. The number of pyridine rings is 1. The molecule has 0 amide bonds. The maximum Gasteiger partial charge on any atom is 0.139 e. The largest absolute Gasteiger partial charge is 0.384 e. The van der Waals surface area contributed by atoms with Gasteiger partial charge in [-0.05, 0) is 22.8 Å². The second-order valence-corrected chi connectivity index (χ2v) is 4.37. The molecule has 1 aliphatic carbocycles. The maximum atomic E-state index is 10.4. The third-order valence-corrected chi connectivity index (χ3v) is 3.16. The van der Waals surface area contributed by atoms with Gasteiger partial charge in [-0.25, -0.2) is 0 Å². The Morgan fingerprint density at radius 1 is 1.06 bits per heavy atom. The van der Waals surface area contributed by atoms with Gasteiger partial charge in [-0.3, -0.25) is 4.98 Å². The third kappa shape index (κ3) is 1.69. The molecule has 0 saturated heterocycles. The molecule has 0 aliphatic heterocycles. The van der Waals surface area contributed by atoms with E-state index in [1.54, 1.807) is 12.4 Å². The molecule has 0 saturated carbocycles. The molecule has 1 aliphatic rings. The predicted octanol–water partition coefficient (Wildman–Crippen LogP) is 0.905. The molecule has 0 radical (unpaired) electrons. The number of hydrogen-bond acceptors (Lipinski definition) is 2. The van der Waals surface area contributed by atoms with Gasteiger partial charge in [0.1, 0.15) is 14.0 Å². The van der Waals surface area contributed by atoms with Gasteiger partial charge in [0.15, 0.2) is 0 Å². The van der Waals surface area contributed by atoms with Gasteiger partial charge in [0.25, 0.3) is 0 Å². The summed E-state index contributed by atoms with van der Waals surface area (Å²) in [6, 6.07) is 8.06. The van der Waals surface area contributed by atoms with Gasteiger partial charge in [0.05, 0.1) is 0 Å². The number of nitrogens with zero attached hydrogens (tertiary/aromatic N) is 1. The van der Waals surface area contributed by atoms with Gasteiger partial charge in [-0.15, -0.1) is 0 Å². The fourth-order valence-electron chi connectivity index (χ4n) is 2.23. The van der Waals surface area contributed by atoms with Crippen molar-refractivity contribution in [3.05, 3.63) is 58.9 Å². The summed E-state index contributed by atoms with van der Waals surface area (Å²) in [5, 5.41) is 10.4. The van der Waals surface area contributed by atoms with Crippen LogP contribution in [0.1, 0.15) is 28.4 Å². The minimum absolute atomic E-state index is 0.594. The number of aromatic nitrogens is 1. The molecule has 2 aromatic rings. The van der Waals surface area contributed by atoms with Crippen molar-refractivity contribution in [1.29, 1.82) is 0 Å². The molecular formula is C14H12BNO. The molecule has 0 spiro atoms. The molecule has 82 valence electrons. The van der Waals surface area contributed by atoms with Crippen LogP contribution in [0.2, 0.25) is 0 Å². The van der Waals surface area contributed by atoms with Gasteiger partial charge in [-0.1, -0.05) is 35.8 Å². The topological polar surface area (TPSA) is 33.1 Å². The Bertz CT molecular complexity index is 607. The molecule has 17 heavy (non-hydrogen) atoms. The van der Waals surface area contributed by atoms with E-state index in [1.165, 1.54) is 0 Å². The molecule has 1 N–H and O–H groups in total. The van der Waals surface area contributed by atoms with Crippen LogP contribution in [-0.4, -0.2) is 17.9 Å². The second-order valence-electron chi connectivity index (χ2n) is 4.37. The zero-order valence-corrected chi connectivity index (χ0v) is 9.59. The average molecular weight is 221 g/mol. The second kappa shape index (κ2) is 3.86. The molecule has 1 aromatic carbocycles. The number of aliphatic hydroxyl groups is 1. The van der Waals surface area contributed by atoms with Crippen molar-refractivity contribution < 1.29 is 5.11 Å². The Kier molecular flexibility index (Phi) is 2.34. The lowest BCUT2D eigenvalue weighted by molar-refractivity contribution is 0.220. The van der Waals surface area contributed by atoms with E-state index in [4.69, 9.17) is 0 Å². The minimum atomic E-state index is -0.594. The highest BCUT2D eigenvalue weighted by molar-refractivity contribution is 6.32. The lowest BCUT2D eigenvalue weighted by Crippen LogP contribution is -2.09. The highest BCUT2D eigenvalue weighted by Crippen LogP contribution is 2.31. The van der Waals surface area contributed by atoms with Gasteiger partial charge < -0.3 is 5.11 Å². The van der Waals surface area contributed by atoms with E-state index < -0.39 is 6.10 Å². The molecular weight excluding hydrogens is 209 g/mol. The smallest absolute Gasteiger partial charge is 0.139 e. The number of fused-ring (bicyclic) bond motifs is 2. The Morgan fingerprint density at radius 3 is 2.65 bits per heavy atom. The molecule has 1 heterocycles. The van der Waals surface area contributed by atoms with Crippen molar-refractivity contribution in [3.8, 4) is 0 Å². The van der Waals surface area contributed by atoms with E-state index >= 15 is 0 Å². The van der Waals surface area contributed by atoms with Crippen LogP contribution >= 0.6 is 0 Å². The monoisotopic (exact) mass is 221 g/mol. The van der Waals surface area contributed by atoms with E-state index in [0.29, 0.717) is 0 Å². The molecule has 1 atom stereocenters. The standard InChI is InChI=1S/C14H12BNO/c15-11-4-3-9-1-2-10-5-6-16-8-13(10)14(17)12(9)7-11/h1-8,14,17H,15H2. The number of aliphatic hydroxyl groups excluding tert-OH is 1. The van der Waals surface area contributed by atoms with Gasteiger partial charge >= 0.3 is 0 Å². The first-order valence-electron chi connectivity index (χ1n) is 5.66. The summed E-state index contributed by atoms with van der Waals surface area (Å²) in [4.78, 5) is 4.09. The highest BCUT2D eigenvalue weighted by Gasteiger charge is 2.18. The average Bonchev–Trinajstić information content (AvgIpc) is 2.49. The van der Waals surface area contributed by atoms with Gasteiger partial charge in [0.2, 0.25) is 0 Å². The highest BCUT2D eigenvalue weighted by atomic mass is 16.3. The van der Waals surface area contributed by atoms with Crippen LogP contribution < -0.4 is 5.46 Å². The predicted molar refractivity (Wildman–Crippen MR) is 71.8 cm³/mol. The zero-order valence-electron chi connectivity index (χ0n) is 9.59. The van der Waals surface area contributed by atoms with Crippen molar-refractivity contribution in [2.75, 3.05) is 0 Å². The molecule has 3 rings (SSSR count). The molecule has 0 fully saturated rings. The summed E-state index contributed by atoms with van der Waals surface area (Å²) in [5.74, 6) is 0. The van der Waals surface area contributed by atoms with Crippen molar-refractivity contribution in [2.24, 2.45) is 0 Å². The first kappa shape index (κ1) is 10.3. The quantitative estimate of drug-likeness (QED) is 0.670. The van der Waals surface area contributed by atoms with E-state index in [2.05, 4.69) is 11.1 Å². The Morgan fingerprint density at radius 2 is 1.82 bits per heavy atom. The van der Waals surface area contributed by atoms with E-state index in [0.717, 1.165) is 27.7 Å².